The monoisotopic (exact) mass is 487 g/mol. The number of aliphatic imine (C=N–C) groups is 1. The lowest BCUT2D eigenvalue weighted by atomic mass is 10.1. The van der Waals surface area contributed by atoms with Gasteiger partial charge in [0.25, 0.3) is 0 Å². The lowest BCUT2D eigenvalue weighted by molar-refractivity contribution is 0.391. The first-order chi connectivity index (χ1) is 12.7. The lowest BCUT2D eigenvalue weighted by Crippen LogP contribution is -2.37. The summed E-state index contributed by atoms with van der Waals surface area (Å²) in [6, 6.07) is 5.77. The molecule has 8 heteroatoms. The van der Waals surface area contributed by atoms with Gasteiger partial charge in [0.1, 0.15) is 11.5 Å². The molecular weight excluding hydrogens is 457 g/mol. The summed E-state index contributed by atoms with van der Waals surface area (Å²) in [6.45, 7) is 6.29. The van der Waals surface area contributed by atoms with Crippen LogP contribution >= 0.6 is 24.0 Å². The Morgan fingerprint density at radius 3 is 2.63 bits per heavy atom. The first kappa shape index (κ1) is 23.1. The standard InChI is InChI=1S/C19H29N5O2.HI/c1-5-20-19(21-10-6-7-15-13-23-24-14(15)2)22-12-16-8-9-17(25-3)11-18(16)26-4;/h8-9,11,13H,5-7,10,12H2,1-4H3,(H,23,24)(H2,20,21,22);1H. The predicted octanol–water partition coefficient (Wildman–Crippen LogP) is 3.04. The number of hydrogen-bond acceptors (Lipinski definition) is 4. The third-order valence-corrected chi connectivity index (χ3v) is 4.10. The summed E-state index contributed by atoms with van der Waals surface area (Å²) in [5.41, 5.74) is 3.41. The zero-order chi connectivity index (χ0) is 18.8. The molecule has 150 valence electrons. The van der Waals surface area contributed by atoms with Gasteiger partial charge in [-0.1, -0.05) is 0 Å². The van der Waals surface area contributed by atoms with E-state index in [9.17, 15) is 0 Å². The topological polar surface area (TPSA) is 83.6 Å². The number of rotatable bonds is 9. The van der Waals surface area contributed by atoms with Crippen molar-refractivity contribution in [3.63, 3.8) is 0 Å². The van der Waals surface area contributed by atoms with Gasteiger partial charge in [-0.15, -0.1) is 24.0 Å². The number of methoxy groups -OCH3 is 2. The van der Waals surface area contributed by atoms with E-state index in [2.05, 4.69) is 32.7 Å². The Labute approximate surface area is 178 Å². The van der Waals surface area contributed by atoms with Crippen molar-refractivity contribution in [1.82, 2.24) is 20.8 Å². The van der Waals surface area contributed by atoms with Gasteiger partial charge in [-0.3, -0.25) is 5.10 Å². The van der Waals surface area contributed by atoms with Crippen molar-refractivity contribution < 1.29 is 9.47 Å². The molecule has 0 amide bonds. The number of H-pyrrole nitrogens is 1. The molecule has 0 fully saturated rings. The zero-order valence-corrected chi connectivity index (χ0v) is 18.8. The van der Waals surface area contributed by atoms with E-state index in [0.29, 0.717) is 6.54 Å². The zero-order valence-electron chi connectivity index (χ0n) is 16.5. The van der Waals surface area contributed by atoms with Gasteiger partial charge in [0.2, 0.25) is 0 Å². The van der Waals surface area contributed by atoms with Crippen molar-refractivity contribution >= 4 is 29.9 Å². The number of aromatic amines is 1. The summed E-state index contributed by atoms with van der Waals surface area (Å²) in [4.78, 5) is 4.66. The Morgan fingerprint density at radius 2 is 2.00 bits per heavy atom. The van der Waals surface area contributed by atoms with E-state index >= 15 is 0 Å². The van der Waals surface area contributed by atoms with Gasteiger partial charge in [0.15, 0.2) is 5.96 Å². The SMILES string of the molecule is CCNC(=NCc1ccc(OC)cc1OC)NCCCc1cn[nH]c1C.I. The molecule has 0 aliphatic rings. The van der Waals surface area contributed by atoms with Crippen molar-refractivity contribution in [2.45, 2.75) is 33.2 Å². The largest absolute Gasteiger partial charge is 0.497 e. The third-order valence-electron chi connectivity index (χ3n) is 4.10. The third kappa shape index (κ3) is 7.28. The van der Waals surface area contributed by atoms with Gasteiger partial charge in [0, 0.05) is 30.4 Å². The smallest absolute Gasteiger partial charge is 0.191 e. The quantitative estimate of drug-likeness (QED) is 0.219. The van der Waals surface area contributed by atoms with Crippen LogP contribution in [0, 0.1) is 6.92 Å². The highest BCUT2D eigenvalue weighted by Crippen LogP contribution is 2.25. The number of ether oxygens (including phenoxy) is 2. The highest BCUT2D eigenvalue weighted by molar-refractivity contribution is 14.0. The molecule has 1 aromatic carbocycles. The maximum atomic E-state index is 5.43. The van der Waals surface area contributed by atoms with Gasteiger partial charge in [-0.2, -0.15) is 5.10 Å². The first-order valence-corrected chi connectivity index (χ1v) is 8.89. The molecule has 2 rings (SSSR count). The van der Waals surface area contributed by atoms with E-state index in [-0.39, 0.29) is 24.0 Å². The van der Waals surface area contributed by atoms with Crippen molar-refractivity contribution in [2.24, 2.45) is 4.99 Å². The molecule has 0 unspecified atom stereocenters. The van der Waals surface area contributed by atoms with E-state index in [1.807, 2.05) is 31.3 Å². The molecule has 27 heavy (non-hydrogen) atoms. The molecule has 0 saturated heterocycles. The van der Waals surface area contributed by atoms with Crippen molar-refractivity contribution in [2.75, 3.05) is 27.3 Å². The van der Waals surface area contributed by atoms with Crippen LogP contribution < -0.4 is 20.1 Å². The van der Waals surface area contributed by atoms with Crippen LogP contribution in [0.5, 0.6) is 11.5 Å². The summed E-state index contributed by atoms with van der Waals surface area (Å²) in [7, 11) is 3.30. The Bertz CT molecular complexity index is 718. The predicted molar refractivity (Wildman–Crippen MR) is 119 cm³/mol. The van der Waals surface area contributed by atoms with E-state index in [4.69, 9.17) is 9.47 Å². The van der Waals surface area contributed by atoms with E-state index in [0.717, 1.165) is 54.6 Å². The number of nitrogens with zero attached hydrogens (tertiary/aromatic N) is 2. The van der Waals surface area contributed by atoms with Crippen molar-refractivity contribution in [3.05, 3.63) is 41.2 Å². The number of nitrogens with one attached hydrogen (secondary N) is 3. The maximum Gasteiger partial charge on any atom is 0.191 e. The van der Waals surface area contributed by atoms with Gasteiger partial charge < -0.3 is 20.1 Å². The molecule has 0 spiro atoms. The summed E-state index contributed by atoms with van der Waals surface area (Å²) >= 11 is 0. The van der Waals surface area contributed by atoms with Crippen LogP contribution in [0.2, 0.25) is 0 Å². The Morgan fingerprint density at radius 1 is 1.19 bits per heavy atom. The Kier molecular flexibility index (Phi) is 10.6. The molecule has 3 N–H and O–H groups in total. The molecule has 0 saturated carbocycles. The van der Waals surface area contributed by atoms with Crippen LogP contribution in [0.15, 0.2) is 29.4 Å². The molecule has 1 heterocycles. The van der Waals surface area contributed by atoms with Crippen LogP contribution in [0.3, 0.4) is 0 Å². The van der Waals surface area contributed by atoms with Crippen LogP contribution in [-0.4, -0.2) is 43.5 Å². The second-order valence-electron chi connectivity index (χ2n) is 5.92. The summed E-state index contributed by atoms with van der Waals surface area (Å²) in [5, 5.41) is 13.7. The fourth-order valence-electron chi connectivity index (χ4n) is 2.60. The number of benzene rings is 1. The van der Waals surface area contributed by atoms with Crippen LogP contribution in [0.1, 0.15) is 30.2 Å². The average Bonchev–Trinajstić information content (AvgIpc) is 3.07. The molecule has 0 aliphatic heterocycles. The van der Waals surface area contributed by atoms with E-state index in [1.54, 1.807) is 14.2 Å². The summed E-state index contributed by atoms with van der Waals surface area (Å²) in [6.07, 6.45) is 3.89. The summed E-state index contributed by atoms with van der Waals surface area (Å²) in [5.74, 6) is 2.35. The number of aromatic nitrogens is 2. The van der Waals surface area contributed by atoms with Gasteiger partial charge in [-0.25, -0.2) is 4.99 Å². The highest BCUT2D eigenvalue weighted by atomic mass is 127. The molecule has 0 aliphatic carbocycles. The van der Waals surface area contributed by atoms with Crippen LogP contribution in [0.4, 0.5) is 0 Å². The van der Waals surface area contributed by atoms with E-state index in [1.165, 1.54) is 5.56 Å². The van der Waals surface area contributed by atoms with Gasteiger partial charge >= 0.3 is 0 Å². The molecule has 0 atom stereocenters. The molecule has 0 bridgehead atoms. The molecular formula is C19H30IN5O2. The molecule has 0 radical (unpaired) electrons. The minimum atomic E-state index is 0. The van der Waals surface area contributed by atoms with Gasteiger partial charge in [0.05, 0.1) is 27.0 Å². The summed E-state index contributed by atoms with van der Waals surface area (Å²) < 4.78 is 10.7. The number of aryl methyl sites for hydroxylation is 2. The molecule has 1 aromatic heterocycles. The Balaban J connectivity index is 0.00000364. The van der Waals surface area contributed by atoms with Crippen LogP contribution in [-0.2, 0) is 13.0 Å². The number of guanidine groups is 1. The fraction of sp³-hybridized carbons (Fsp3) is 0.474. The Hall–Kier alpha value is -1.97. The van der Waals surface area contributed by atoms with Crippen LogP contribution in [0.25, 0.3) is 0 Å². The minimum absolute atomic E-state index is 0. The fourth-order valence-corrected chi connectivity index (χ4v) is 2.60. The second kappa shape index (κ2) is 12.4. The molecule has 2 aromatic rings. The number of hydrogen-bond donors (Lipinski definition) is 3. The lowest BCUT2D eigenvalue weighted by Gasteiger charge is -2.12. The average molecular weight is 487 g/mol. The van der Waals surface area contributed by atoms with E-state index < -0.39 is 0 Å². The first-order valence-electron chi connectivity index (χ1n) is 8.89. The molecule has 7 nitrogen and oxygen atoms in total. The van der Waals surface area contributed by atoms with Gasteiger partial charge in [-0.05, 0) is 44.4 Å². The highest BCUT2D eigenvalue weighted by Gasteiger charge is 2.06. The minimum Gasteiger partial charge on any atom is -0.497 e. The van der Waals surface area contributed by atoms with Crippen molar-refractivity contribution in [3.8, 4) is 11.5 Å². The normalized spacial score (nSPS) is 10.9. The van der Waals surface area contributed by atoms with Crippen molar-refractivity contribution in [1.29, 1.82) is 0 Å². The number of halogens is 1. The second-order valence-corrected chi connectivity index (χ2v) is 5.92. The maximum absolute atomic E-state index is 5.43.